The highest BCUT2D eigenvalue weighted by Gasteiger charge is 2.14. The van der Waals surface area contributed by atoms with Crippen molar-refractivity contribution in [1.29, 1.82) is 5.26 Å². The molecule has 0 spiro atoms. The molecule has 1 atom stereocenters. The van der Waals surface area contributed by atoms with Crippen LogP contribution in [0.2, 0.25) is 0 Å². The van der Waals surface area contributed by atoms with Crippen molar-refractivity contribution in [2.24, 2.45) is 0 Å². The molecule has 92 valence electrons. The van der Waals surface area contributed by atoms with E-state index in [1.807, 2.05) is 24.3 Å². The highest BCUT2D eigenvalue weighted by Crippen LogP contribution is 2.28. The molecule has 1 aromatic heterocycles. The highest BCUT2D eigenvalue weighted by molar-refractivity contribution is 9.10. The Hall–Kier alpha value is -1.48. The number of benzene rings is 1. The molecule has 0 amide bonds. The molecular formula is C13H12BrN3O. The van der Waals surface area contributed by atoms with Gasteiger partial charge in [-0.05, 0) is 12.1 Å². The topological polar surface area (TPSA) is 68.9 Å². The van der Waals surface area contributed by atoms with E-state index in [2.05, 4.69) is 32.3 Å². The van der Waals surface area contributed by atoms with Crippen LogP contribution in [0.4, 0.5) is 0 Å². The molecule has 0 fully saturated rings. The van der Waals surface area contributed by atoms with Gasteiger partial charge in [-0.1, -0.05) is 28.1 Å². The lowest BCUT2D eigenvalue weighted by Crippen LogP contribution is -2.23. The molecule has 4 nitrogen and oxygen atoms in total. The number of aliphatic hydroxyl groups is 1. The van der Waals surface area contributed by atoms with Crippen molar-refractivity contribution in [3.8, 4) is 6.07 Å². The Morgan fingerprint density at radius 1 is 1.44 bits per heavy atom. The van der Waals surface area contributed by atoms with Crippen LogP contribution in [0.5, 0.6) is 0 Å². The Bertz CT molecular complexity index is 594. The first-order valence-electron chi connectivity index (χ1n) is 5.55. The van der Waals surface area contributed by atoms with E-state index >= 15 is 0 Å². The minimum Gasteiger partial charge on any atom is -0.395 e. The number of rotatable bonds is 4. The van der Waals surface area contributed by atoms with E-state index < -0.39 is 6.04 Å². The average Bonchev–Trinajstić information content (AvgIpc) is 2.42. The summed E-state index contributed by atoms with van der Waals surface area (Å²) in [5.74, 6) is 0. The molecule has 0 saturated carbocycles. The summed E-state index contributed by atoms with van der Waals surface area (Å²) in [5, 5.41) is 22.0. The van der Waals surface area contributed by atoms with E-state index in [1.54, 1.807) is 6.20 Å². The summed E-state index contributed by atoms with van der Waals surface area (Å²) >= 11 is 3.47. The predicted octanol–water partition coefficient (Wildman–Crippen LogP) is 2.14. The summed E-state index contributed by atoms with van der Waals surface area (Å²) in [6.07, 6.45) is 1.71. The van der Waals surface area contributed by atoms with Crippen molar-refractivity contribution >= 4 is 26.8 Å². The van der Waals surface area contributed by atoms with Crippen LogP contribution in [0.1, 0.15) is 11.6 Å². The summed E-state index contributed by atoms with van der Waals surface area (Å²) < 4.78 is 0.952. The number of halogens is 1. The summed E-state index contributed by atoms with van der Waals surface area (Å²) in [5.41, 5.74) is 1.62. The van der Waals surface area contributed by atoms with E-state index in [1.165, 1.54) is 0 Å². The number of hydrogen-bond donors (Lipinski definition) is 2. The van der Waals surface area contributed by atoms with Gasteiger partial charge in [0.15, 0.2) is 0 Å². The van der Waals surface area contributed by atoms with Gasteiger partial charge >= 0.3 is 0 Å². The van der Waals surface area contributed by atoms with Gasteiger partial charge in [-0.15, -0.1) is 0 Å². The number of fused-ring (bicyclic) bond motifs is 1. The van der Waals surface area contributed by atoms with Gasteiger partial charge in [-0.25, -0.2) is 0 Å². The molecule has 1 heterocycles. The van der Waals surface area contributed by atoms with Gasteiger partial charge in [0, 0.05) is 28.2 Å². The van der Waals surface area contributed by atoms with Crippen molar-refractivity contribution < 1.29 is 5.11 Å². The number of aromatic nitrogens is 1. The highest BCUT2D eigenvalue weighted by atomic mass is 79.9. The van der Waals surface area contributed by atoms with Gasteiger partial charge in [0.1, 0.15) is 6.04 Å². The molecule has 5 heteroatoms. The third kappa shape index (κ3) is 2.51. The fourth-order valence-electron chi connectivity index (χ4n) is 1.83. The van der Waals surface area contributed by atoms with Gasteiger partial charge < -0.3 is 5.11 Å². The third-order valence-electron chi connectivity index (χ3n) is 2.65. The second-order valence-corrected chi connectivity index (χ2v) is 4.63. The molecule has 0 aliphatic rings. The van der Waals surface area contributed by atoms with Crippen LogP contribution in [0.3, 0.4) is 0 Å². The zero-order chi connectivity index (χ0) is 13.0. The Labute approximate surface area is 113 Å². The van der Waals surface area contributed by atoms with Crippen LogP contribution in [0, 0.1) is 11.3 Å². The SMILES string of the molecule is N#CC(NCCO)c1ccc(Br)c2cccnc12. The van der Waals surface area contributed by atoms with Crippen molar-refractivity contribution in [2.75, 3.05) is 13.2 Å². The lowest BCUT2D eigenvalue weighted by Gasteiger charge is -2.13. The van der Waals surface area contributed by atoms with Crippen LogP contribution in [0.15, 0.2) is 34.9 Å². The average molecular weight is 306 g/mol. The predicted molar refractivity (Wildman–Crippen MR) is 72.9 cm³/mol. The van der Waals surface area contributed by atoms with Crippen LogP contribution in [-0.4, -0.2) is 23.2 Å². The van der Waals surface area contributed by atoms with Crippen molar-refractivity contribution in [3.63, 3.8) is 0 Å². The second kappa shape index (κ2) is 5.91. The van der Waals surface area contributed by atoms with Crippen molar-refractivity contribution in [2.45, 2.75) is 6.04 Å². The number of pyridine rings is 1. The van der Waals surface area contributed by atoms with Crippen molar-refractivity contribution in [3.05, 3.63) is 40.5 Å². The Morgan fingerprint density at radius 3 is 3.00 bits per heavy atom. The Balaban J connectivity index is 2.50. The Kier molecular flexibility index (Phi) is 4.26. The summed E-state index contributed by atoms with van der Waals surface area (Å²) in [4.78, 5) is 4.34. The van der Waals surface area contributed by atoms with E-state index in [0.29, 0.717) is 6.54 Å². The van der Waals surface area contributed by atoms with E-state index in [0.717, 1.165) is 20.9 Å². The standard InChI is InChI=1S/C13H12BrN3O/c14-11-4-3-10(12(8-15)16-6-7-18)13-9(11)2-1-5-17-13/h1-5,12,16,18H,6-7H2. The van der Waals surface area contributed by atoms with Crippen LogP contribution < -0.4 is 5.32 Å². The molecule has 0 saturated heterocycles. The first-order valence-corrected chi connectivity index (χ1v) is 6.34. The minimum atomic E-state index is -0.470. The lowest BCUT2D eigenvalue weighted by atomic mass is 10.0. The maximum Gasteiger partial charge on any atom is 0.123 e. The molecular weight excluding hydrogens is 294 g/mol. The monoisotopic (exact) mass is 305 g/mol. The quantitative estimate of drug-likeness (QED) is 0.908. The maximum absolute atomic E-state index is 9.20. The fraction of sp³-hybridized carbons (Fsp3) is 0.231. The van der Waals surface area contributed by atoms with E-state index in [-0.39, 0.29) is 6.61 Å². The molecule has 1 aromatic carbocycles. The molecule has 2 aromatic rings. The van der Waals surface area contributed by atoms with Crippen molar-refractivity contribution in [1.82, 2.24) is 10.3 Å². The number of nitrogens with zero attached hydrogens (tertiary/aromatic N) is 2. The molecule has 0 aliphatic heterocycles. The maximum atomic E-state index is 9.20. The summed E-state index contributed by atoms with van der Waals surface area (Å²) in [7, 11) is 0. The first kappa shape index (κ1) is 13.0. The first-order chi connectivity index (χ1) is 8.77. The molecule has 2 rings (SSSR count). The molecule has 2 N–H and O–H groups in total. The zero-order valence-corrected chi connectivity index (χ0v) is 11.2. The fourth-order valence-corrected chi connectivity index (χ4v) is 2.28. The van der Waals surface area contributed by atoms with Crippen LogP contribution in [0.25, 0.3) is 10.9 Å². The number of nitrogens with one attached hydrogen (secondary N) is 1. The molecule has 0 aliphatic carbocycles. The van der Waals surface area contributed by atoms with Gasteiger partial charge in [0.25, 0.3) is 0 Å². The van der Waals surface area contributed by atoms with E-state index in [9.17, 15) is 5.26 Å². The second-order valence-electron chi connectivity index (χ2n) is 3.78. The van der Waals surface area contributed by atoms with Gasteiger partial charge in [0.2, 0.25) is 0 Å². The zero-order valence-electron chi connectivity index (χ0n) is 9.60. The molecule has 1 unspecified atom stereocenters. The molecule has 0 bridgehead atoms. The molecule has 0 radical (unpaired) electrons. The van der Waals surface area contributed by atoms with Gasteiger partial charge in [-0.2, -0.15) is 5.26 Å². The normalized spacial score (nSPS) is 12.3. The molecule has 18 heavy (non-hydrogen) atoms. The van der Waals surface area contributed by atoms with Gasteiger partial charge in [0.05, 0.1) is 18.2 Å². The smallest absolute Gasteiger partial charge is 0.123 e. The summed E-state index contributed by atoms with van der Waals surface area (Å²) in [6, 6.07) is 9.31. The van der Waals surface area contributed by atoms with Crippen LogP contribution in [-0.2, 0) is 0 Å². The summed E-state index contributed by atoms with van der Waals surface area (Å²) in [6.45, 7) is 0.378. The van der Waals surface area contributed by atoms with Crippen LogP contribution >= 0.6 is 15.9 Å². The van der Waals surface area contributed by atoms with E-state index in [4.69, 9.17) is 5.11 Å². The number of hydrogen-bond acceptors (Lipinski definition) is 4. The largest absolute Gasteiger partial charge is 0.395 e. The number of aliphatic hydroxyl groups excluding tert-OH is 1. The Morgan fingerprint density at radius 2 is 2.28 bits per heavy atom. The minimum absolute atomic E-state index is 0.0000686. The lowest BCUT2D eigenvalue weighted by molar-refractivity contribution is 0.289. The number of nitriles is 1. The van der Waals surface area contributed by atoms with Gasteiger partial charge in [-0.3, -0.25) is 10.3 Å². The third-order valence-corrected chi connectivity index (χ3v) is 3.34.